The van der Waals surface area contributed by atoms with E-state index < -0.39 is 5.69 Å². The molecule has 0 aliphatic rings. The normalized spacial score (nSPS) is 11.9. The van der Waals surface area contributed by atoms with Gasteiger partial charge in [0.2, 0.25) is 5.69 Å². The smallest absolute Gasteiger partial charge is 0.246 e. The first-order valence-corrected chi connectivity index (χ1v) is 19.0. The van der Waals surface area contributed by atoms with Crippen molar-refractivity contribution in [2.75, 3.05) is 0 Å². The van der Waals surface area contributed by atoms with Crippen molar-refractivity contribution in [1.29, 1.82) is 0 Å². The molecule has 1 aromatic rings. The summed E-state index contributed by atoms with van der Waals surface area (Å²) in [7, 11) is 0. The Morgan fingerprint density at radius 3 is 1.43 bits per heavy atom. The standard InChI is InChI=1S/C30H55O2PS2/c1-3-5-7-9-11-13-15-17-19-21-23-28-25-26-29(30(27-28)35-33(31,32)34)24-22-20-18-16-14-12-10-8-6-4-2/h25-27H,3-24H2,1-2H3,(H2,31,32,34). The number of hydrogen-bond donors (Lipinski definition) is 2. The summed E-state index contributed by atoms with van der Waals surface area (Å²) in [6.07, 6.45) is 28.9. The minimum absolute atomic E-state index is 0.999. The van der Waals surface area contributed by atoms with Crippen molar-refractivity contribution in [3.8, 4) is 0 Å². The number of unbranched alkanes of at least 4 members (excludes halogenated alkanes) is 18. The molecule has 5 heteroatoms. The Morgan fingerprint density at radius 2 is 1.00 bits per heavy atom. The van der Waals surface area contributed by atoms with Crippen molar-refractivity contribution >= 4 is 28.9 Å². The monoisotopic (exact) mass is 542 g/mol. The van der Waals surface area contributed by atoms with Crippen molar-refractivity contribution in [3.05, 3.63) is 29.3 Å². The highest BCUT2D eigenvalue weighted by Gasteiger charge is 2.14. The minimum atomic E-state index is -3.30. The quantitative estimate of drug-likeness (QED) is 0.101. The van der Waals surface area contributed by atoms with Crippen molar-refractivity contribution in [1.82, 2.24) is 0 Å². The summed E-state index contributed by atoms with van der Waals surface area (Å²) in [6.45, 7) is 4.55. The lowest BCUT2D eigenvalue weighted by molar-refractivity contribution is 0.502. The summed E-state index contributed by atoms with van der Waals surface area (Å²) < 4.78 is 0. The van der Waals surface area contributed by atoms with E-state index in [-0.39, 0.29) is 0 Å². The van der Waals surface area contributed by atoms with Gasteiger partial charge in [-0.3, -0.25) is 0 Å². The van der Waals surface area contributed by atoms with Crippen LogP contribution in [0.3, 0.4) is 0 Å². The second kappa shape index (κ2) is 22.2. The summed E-state index contributed by atoms with van der Waals surface area (Å²) in [5, 5.41) is 0. The summed E-state index contributed by atoms with van der Waals surface area (Å²) in [5.41, 5.74) is -0.762. The molecular weight excluding hydrogens is 487 g/mol. The van der Waals surface area contributed by atoms with Gasteiger partial charge in [0, 0.05) is 4.90 Å². The van der Waals surface area contributed by atoms with E-state index in [1.165, 1.54) is 140 Å². The van der Waals surface area contributed by atoms with Crippen LogP contribution in [0.5, 0.6) is 0 Å². The first kappa shape index (κ1) is 33.2. The van der Waals surface area contributed by atoms with Gasteiger partial charge in [0.25, 0.3) is 0 Å². The van der Waals surface area contributed by atoms with Crippen LogP contribution in [0.1, 0.15) is 153 Å². The molecule has 2 nitrogen and oxygen atoms in total. The zero-order chi connectivity index (χ0) is 25.6. The molecule has 0 radical (unpaired) electrons. The second-order valence-corrected chi connectivity index (χ2v) is 16.3. The number of hydrogen-bond acceptors (Lipinski definition) is 2. The van der Waals surface area contributed by atoms with Crippen LogP contribution in [-0.2, 0) is 24.6 Å². The molecule has 0 aliphatic carbocycles. The van der Waals surface area contributed by atoms with Gasteiger partial charge < -0.3 is 9.79 Å². The van der Waals surface area contributed by atoms with E-state index in [1.54, 1.807) is 0 Å². The number of aryl methyl sites for hydroxylation is 2. The molecule has 0 spiro atoms. The maximum Gasteiger partial charge on any atom is 0.246 e. The van der Waals surface area contributed by atoms with Gasteiger partial charge >= 0.3 is 0 Å². The Labute approximate surface area is 227 Å². The van der Waals surface area contributed by atoms with Gasteiger partial charge in [0.1, 0.15) is 0 Å². The first-order valence-electron chi connectivity index (χ1n) is 14.8. The van der Waals surface area contributed by atoms with E-state index in [1.807, 2.05) is 0 Å². The lowest BCUT2D eigenvalue weighted by Crippen LogP contribution is -1.94. The van der Waals surface area contributed by atoms with E-state index in [4.69, 9.17) is 11.8 Å². The highest BCUT2D eigenvalue weighted by molar-refractivity contribution is 8.67. The van der Waals surface area contributed by atoms with Gasteiger partial charge in [-0.05, 0) is 66.1 Å². The highest BCUT2D eigenvalue weighted by Crippen LogP contribution is 2.55. The zero-order valence-electron chi connectivity index (χ0n) is 22.9. The molecule has 0 bridgehead atoms. The molecule has 1 rings (SSSR count). The number of benzene rings is 1. The molecule has 0 amide bonds. The van der Waals surface area contributed by atoms with Gasteiger partial charge in [-0.25, -0.2) is 0 Å². The van der Waals surface area contributed by atoms with E-state index in [0.29, 0.717) is 0 Å². The molecule has 0 heterocycles. The van der Waals surface area contributed by atoms with Gasteiger partial charge in [0.15, 0.2) is 0 Å². The van der Waals surface area contributed by atoms with Gasteiger partial charge in [-0.2, -0.15) is 0 Å². The van der Waals surface area contributed by atoms with E-state index in [0.717, 1.165) is 29.1 Å². The Kier molecular flexibility index (Phi) is 21.0. The van der Waals surface area contributed by atoms with Gasteiger partial charge in [0.05, 0.1) is 0 Å². The van der Waals surface area contributed by atoms with Gasteiger partial charge in [-0.15, -0.1) is 0 Å². The largest absolute Gasteiger partial charge is 0.337 e. The average Bonchev–Trinajstić information content (AvgIpc) is 2.81. The zero-order valence-corrected chi connectivity index (χ0v) is 25.5. The Bertz CT molecular complexity index is 674. The maximum absolute atomic E-state index is 9.94. The third-order valence-corrected chi connectivity index (χ3v) is 9.76. The van der Waals surface area contributed by atoms with Crippen molar-refractivity contribution in [3.63, 3.8) is 0 Å². The molecule has 35 heavy (non-hydrogen) atoms. The summed E-state index contributed by atoms with van der Waals surface area (Å²) in [5.74, 6) is 0. The maximum atomic E-state index is 9.94. The molecule has 0 aromatic heterocycles. The van der Waals surface area contributed by atoms with Crippen LogP contribution < -0.4 is 0 Å². The van der Waals surface area contributed by atoms with Crippen molar-refractivity contribution in [2.24, 2.45) is 0 Å². The van der Waals surface area contributed by atoms with Crippen molar-refractivity contribution in [2.45, 2.75) is 160 Å². The highest BCUT2D eigenvalue weighted by atomic mass is 32.9. The van der Waals surface area contributed by atoms with Gasteiger partial charge in [-0.1, -0.05) is 142 Å². The third kappa shape index (κ3) is 19.9. The van der Waals surface area contributed by atoms with Crippen LogP contribution in [0.25, 0.3) is 0 Å². The average molecular weight is 543 g/mol. The molecule has 0 saturated carbocycles. The molecule has 1 aromatic carbocycles. The Balaban J connectivity index is 2.31. The van der Waals surface area contributed by atoms with Crippen molar-refractivity contribution < 1.29 is 9.79 Å². The van der Waals surface area contributed by atoms with Crippen LogP contribution in [0, 0.1) is 0 Å². The summed E-state index contributed by atoms with van der Waals surface area (Å²) in [6, 6.07) is 6.64. The second-order valence-electron chi connectivity index (χ2n) is 10.4. The molecule has 204 valence electrons. The summed E-state index contributed by atoms with van der Waals surface area (Å²) >= 11 is 6.07. The van der Waals surface area contributed by atoms with Crippen LogP contribution in [-0.4, -0.2) is 9.79 Å². The lowest BCUT2D eigenvalue weighted by Gasteiger charge is -2.14. The molecule has 0 fully saturated rings. The first-order chi connectivity index (χ1) is 17.0. The van der Waals surface area contributed by atoms with E-state index in [2.05, 4.69) is 32.0 Å². The molecule has 0 atom stereocenters. The molecule has 0 unspecified atom stereocenters. The fourth-order valence-electron chi connectivity index (χ4n) is 4.79. The third-order valence-electron chi connectivity index (χ3n) is 6.97. The Morgan fingerprint density at radius 1 is 0.600 bits per heavy atom. The fraction of sp³-hybridized carbons (Fsp3) is 0.800. The number of rotatable bonds is 24. The van der Waals surface area contributed by atoms with E-state index in [9.17, 15) is 9.79 Å². The predicted molar refractivity (Wildman–Crippen MR) is 162 cm³/mol. The molecule has 0 saturated heterocycles. The summed E-state index contributed by atoms with van der Waals surface area (Å²) in [4.78, 5) is 20.9. The minimum Gasteiger partial charge on any atom is -0.337 e. The van der Waals surface area contributed by atoms with Crippen LogP contribution in [0.2, 0.25) is 0 Å². The van der Waals surface area contributed by atoms with Crippen LogP contribution >= 0.6 is 17.1 Å². The van der Waals surface area contributed by atoms with E-state index >= 15 is 0 Å². The fourth-order valence-corrected chi connectivity index (χ4v) is 7.54. The van der Waals surface area contributed by atoms with Crippen LogP contribution in [0.4, 0.5) is 0 Å². The molecule has 2 N–H and O–H groups in total. The predicted octanol–water partition coefficient (Wildman–Crippen LogP) is 10.9. The lowest BCUT2D eigenvalue weighted by atomic mass is 10.0. The van der Waals surface area contributed by atoms with Crippen LogP contribution in [0.15, 0.2) is 23.1 Å². The SMILES string of the molecule is CCCCCCCCCCCCc1ccc(CCCCCCCCCCCC)c(SP(O)(O)=S)c1. The topological polar surface area (TPSA) is 40.5 Å². The Hall–Kier alpha value is 0.140. The molecule has 0 aliphatic heterocycles. The molecular formula is C30H55O2PS2.